The van der Waals surface area contributed by atoms with Crippen LogP contribution in [0.5, 0.6) is 0 Å². The molecule has 7 nitrogen and oxygen atoms in total. The SMILES string of the molecule is Cc1cc(C(=O)N2CCCc3cc(S(=O)(=O)N4CCCC4)ccc32)no1. The minimum Gasteiger partial charge on any atom is -0.361 e. The number of rotatable bonds is 3. The van der Waals surface area contributed by atoms with E-state index in [1.54, 1.807) is 40.4 Å². The van der Waals surface area contributed by atoms with Crippen LogP contribution in [0.15, 0.2) is 33.7 Å². The predicted molar refractivity (Wildman–Crippen MR) is 95.7 cm³/mol. The van der Waals surface area contributed by atoms with Gasteiger partial charge < -0.3 is 9.42 Å². The van der Waals surface area contributed by atoms with Crippen molar-refractivity contribution in [2.24, 2.45) is 0 Å². The molecule has 0 saturated carbocycles. The molecule has 2 aliphatic heterocycles. The molecule has 0 aliphatic carbocycles. The summed E-state index contributed by atoms with van der Waals surface area (Å²) in [5.74, 6) is 0.357. The van der Waals surface area contributed by atoms with Crippen LogP contribution in [0, 0.1) is 6.92 Å². The van der Waals surface area contributed by atoms with Crippen LogP contribution in [0.25, 0.3) is 0 Å². The fraction of sp³-hybridized carbons (Fsp3) is 0.444. The molecule has 0 bridgehead atoms. The Bertz CT molecular complexity index is 945. The summed E-state index contributed by atoms with van der Waals surface area (Å²) in [6, 6.07) is 6.67. The van der Waals surface area contributed by atoms with Gasteiger partial charge in [0, 0.05) is 31.4 Å². The van der Waals surface area contributed by atoms with E-state index in [1.165, 1.54) is 0 Å². The Hall–Kier alpha value is -2.19. The highest BCUT2D eigenvalue weighted by Crippen LogP contribution is 2.32. The van der Waals surface area contributed by atoms with Gasteiger partial charge in [-0.3, -0.25) is 4.79 Å². The molecule has 2 aromatic rings. The van der Waals surface area contributed by atoms with Crippen molar-refractivity contribution < 1.29 is 17.7 Å². The smallest absolute Gasteiger partial charge is 0.280 e. The average Bonchev–Trinajstić information content (AvgIpc) is 3.32. The van der Waals surface area contributed by atoms with Gasteiger partial charge in [0.05, 0.1) is 4.90 Å². The summed E-state index contributed by atoms with van der Waals surface area (Å²) in [5.41, 5.74) is 1.90. The maximum atomic E-state index is 12.8. The number of nitrogens with zero attached hydrogens (tertiary/aromatic N) is 3. The van der Waals surface area contributed by atoms with Crippen LogP contribution < -0.4 is 4.90 Å². The molecule has 2 aliphatic rings. The lowest BCUT2D eigenvalue weighted by Crippen LogP contribution is -2.36. The largest absolute Gasteiger partial charge is 0.361 e. The molecule has 8 heteroatoms. The number of sulfonamides is 1. The first-order chi connectivity index (χ1) is 12.5. The van der Waals surface area contributed by atoms with Gasteiger partial charge in [0.2, 0.25) is 10.0 Å². The molecule has 1 aromatic carbocycles. The van der Waals surface area contributed by atoms with E-state index in [-0.39, 0.29) is 11.6 Å². The van der Waals surface area contributed by atoms with Crippen LogP contribution in [0.4, 0.5) is 5.69 Å². The summed E-state index contributed by atoms with van der Waals surface area (Å²) >= 11 is 0. The zero-order valence-corrected chi connectivity index (χ0v) is 15.5. The van der Waals surface area contributed by atoms with Crippen LogP contribution in [0.2, 0.25) is 0 Å². The Morgan fingerprint density at radius 1 is 1.12 bits per heavy atom. The third kappa shape index (κ3) is 2.93. The van der Waals surface area contributed by atoms with E-state index in [2.05, 4.69) is 5.16 Å². The number of hydrogen-bond donors (Lipinski definition) is 0. The molecule has 4 rings (SSSR count). The normalized spacial score (nSPS) is 18.1. The van der Waals surface area contributed by atoms with E-state index in [0.717, 1.165) is 36.9 Å². The standard InChI is InChI=1S/C18H21N3O4S/c1-13-11-16(19-25-13)18(22)21-10-4-5-14-12-15(6-7-17(14)21)26(23,24)20-8-2-3-9-20/h6-7,11-12H,2-5,8-10H2,1H3. The Labute approximate surface area is 152 Å². The van der Waals surface area contributed by atoms with Gasteiger partial charge in [-0.15, -0.1) is 0 Å². The monoisotopic (exact) mass is 375 g/mol. The Balaban J connectivity index is 1.67. The first-order valence-electron chi connectivity index (χ1n) is 8.85. The van der Waals surface area contributed by atoms with Crippen molar-refractivity contribution in [1.29, 1.82) is 0 Å². The lowest BCUT2D eigenvalue weighted by Gasteiger charge is -2.29. The van der Waals surface area contributed by atoms with Gasteiger partial charge in [0.1, 0.15) is 5.76 Å². The van der Waals surface area contributed by atoms with Gasteiger partial charge in [-0.1, -0.05) is 5.16 Å². The molecule has 0 unspecified atom stereocenters. The van der Waals surface area contributed by atoms with E-state index in [1.807, 2.05) is 0 Å². The number of benzene rings is 1. The third-order valence-electron chi connectivity index (χ3n) is 4.96. The number of aryl methyl sites for hydroxylation is 2. The van der Waals surface area contributed by atoms with Crippen LogP contribution >= 0.6 is 0 Å². The zero-order valence-electron chi connectivity index (χ0n) is 14.6. The van der Waals surface area contributed by atoms with E-state index >= 15 is 0 Å². The van der Waals surface area contributed by atoms with Gasteiger partial charge in [0.25, 0.3) is 5.91 Å². The van der Waals surface area contributed by atoms with Gasteiger partial charge in [-0.05, 0) is 56.4 Å². The first-order valence-corrected chi connectivity index (χ1v) is 10.3. The fourth-order valence-electron chi connectivity index (χ4n) is 3.63. The highest BCUT2D eigenvalue weighted by Gasteiger charge is 2.30. The summed E-state index contributed by atoms with van der Waals surface area (Å²) in [7, 11) is -3.46. The second kappa shape index (κ2) is 6.51. The number of aromatic nitrogens is 1. The van der Waals surface area contributed by atoms with E-state index in [4.69, 9.17) is 4.52 Å². The average molecular weight is 375 g/mol. The number of fused-ring (bicyclic) bond motifs is 1. The van der Waals surface area contributed by atoms with Crippen LogP contribution in [-0.4, -0.2) is 43.4 Å². The molecule has 1 amide bonds. The number of anilines is 1. The van der Waals surface area contributed by atoms with Crippen LogP contribution in [-0.2, 0) is 16.4 Å². The van der Waals surface area contributed by atoms with Gasteiger partial charge in [-0.2, -0.15) is 4.31 Å². The summed E-state index contributed by atoms with van der Waals surface area (Å²) < 4.78 is 32.1. The van der Waals surface area contributed by atoms with Crippen molar-refractivity contribution in [3.05, 3.63) is 41.3 Å². The molecule has 1 aromatic heterocycles. The van der Waals surface area contributed by atoms with Crippen LogP contribution in [0.3, 0.4) is 0 Å². The minimum absolute atomic E-state index is 0.224. The molecule has 26 heavy (non-hydrogen) atoms. The van der Waals surface area contributed by atoms with Crippen molar-refractivity contribution in [2.75, 3.05) is 24.5 Å². The second-order valence-electron chi connectivity index (χ2n) is 6.78. The van der Waals surface area contributed by atoms with Gasteiger partial charge in [0.15, 0.2) is 5.69 Å². The highest BCUT2D eigenvalue weighted by atomic mass is 32.2. The Morgan fingerprint density at radius 3 is 2.58 bits per heavy atom. The topological polar surface area (TPSA) is 83.7 Å². The van der Waals surface area contributed by atoms with Gasteiger partial charge >= 0.3 is 0 Å². The van der Waals surface area contributed by atoms with E-state index in [9.17, 15) is 13.2 Å². The lowest BCUT2D eigenvalue weighted by atomic mass is 10.0. The number of carbonyl (C=O) groups is 1. The number of hydrogen-bond acceptors (Lipinski definition) is 5. The van der Waals surface area contributed by atoms with E-state index in [0.29, 0.717) is 30.3 Å². The second-order valence-corrected chi connectivity index (χ2v) is 8.72. The predicted octanol–water partition coefficient (Wildman–Crippen LogP) is 2.36. The van der Waals surface area contributed by atoms with Crippen molar-refractivity contribution in [2.45, 2.75) is 37.5 Å². The zero-order chi connectivity index (χ0) is 18.3. The van der Waals surface area contributed by atoms with Gasteiger partial charge in [-0.25, -0.2) is 8.42 Å². The van der Waals surface area contributed by atoms with Crippen molar-refractivity contribution in [3.63, 3.8) is 0 Å². The Kier molecular flexibility index (Phi) is 4.32. The maximum Gasteiger partial charge on any atom is 0.280 e. The minimum atomic E-state index is -3.46. The third-order valence-corrected chi connectivity index (χ3v) is 6.86. The summed E-state index contributed by atoms with van der Waals surface area (Å²) in [4.78, 5) is 14.7. The summed E-state index contributed by atoms with van der Waals surface area (Å²) in [6.07, 6.45) is 3.34. The summed E-state index contributed by atoms with van der Waals surface area (Å²) in [5, 5.41) is 3.80. The molecule has 3 heterocycles. The molecule has 0 N–H and O–H groups in total. The molecule has 138 valence electrons. The molecule has 1 saturated heterocycles. The Morgan fingerprint density at radius 2 is 1.88 bits per heavy atom. The molecule has 0 radical (unpaired) electrons. The molecular weight excluding hydrogens is 354 g/mol. The molecule has 0 spiro atoms. The maximum absolute atomic E-state index is 12.8. The first kappa shape index (κ1) is 17.2. The molecule has 1 fully saturated rings. The van der Waals surface area contributed by atoms with Crippen molar-refractivity contribution >= 4 is 21.6 Å². The summed E-state index contributed by atoms with van der Waals surface area (Å²) in [6.45, 7) is 3.48. The fourth-order valence-corrected chi connectivity index (χ4v) is 5.20. The molecule has 0 atom stereocenters. The van der Waals surface area contributed by atoms with E-state index < -0.39 is 10.0 Å². The van der Waals surface area contributed by atoms with Crippen molar-refractivity contribution in [3.8, 4) is 0 Å². The van der Waals surface area contributed by atoms with Crippen LogP contribution in [0.1, 0.15) is 41.1 Å². The molecular formula is C18H21N3O4S. The number of amides is 1. The number of carbonyl (C=O) groups excluding carboxylic acids is 1. The lowest BCUT2D eigenvalue weighted by molar-refractivity contribution is 0.0976. The quantitative estimate of drug-likeness (QED) is 0.822. The van der Waals surface area contributed by atoms with Crippen molar-refractivity contribution in [1.82, 2.24) is 9.46 Å². The highest BCUT2D eigenvalue weighted by molar-refractivity contribution is 7.89.